The van der Waals surface area contributed by atoms with E-state index in [0.717, 1.165) is 11.4 Å². The number of aryl methyl sites for hydroxylation is 2. The number of amides is 1. The van der Waals surface area contributed by atoms with Crippen molar-refractivity contribution < 1.29 is 9.90 Å². The molecule has 0 bridgehead atoms. The number of hydrogen-bond acceptors (Lipinski definition) is 4. The Hall–Kier alpha value is -2.65. The van der Waals surface area contributed by atoms with E-state index in [1.54, 1.807) is 22.9 Å². The molecule has 0 saturated carbocycles. The quantitative estimate of drug-likeness (QED) is 0.820. The fraction of sp³-hybridized carbons (Fsp3) is 0.267. The van der Waals surface area contributed by atoms with Crippen molar-refractivity contribution in [1.82, 2.24) is 14.8 Å². The second-order valence-electron chi connectivity index (χ2n) is 4.50. The van der Waals surface area contributed by atoms with Crippen molar-refractivity contribution in [1.29, 1.82) is 0 Å². The Morgan fingerprint density at radius 3 is 2.90 bits per heavy atom. The summed E-state index contributed by atoms with van der Waals surface area (Å²) in [5.41, 5.74) is 2.30. The van der Waals surface area contributed by atoms with Crippen molar-refractivity contribution in [2.45, 2.75) is 20.4 Å². The minimum atomic E-state index is -0.226. The van der Waals surface area contributed by atoms with Gasteiger partial charge >= 0.3 is 0 Å². The number of hydrogen-bond donors (Lipinski definition) is 2. The minimum absolute atomic E-state index is 0.133. The Morgan fingerprint density at radius 2 is 2.24 bits per heavy atom. The molecule has 2 N–H and O–H groups in total. The number of aromatic nitrogens is 3. The molecule has 1 amide bonds. The van der Waals surface area contributed by atoms with E-state index in [2.05, 4.69) is 27.2 Å². The lowest BCUT2D eigenvalue weighted by molar-refractivity contribution is -0.117. The smallest absolute Gasteiger partial charge is 0.247 e. The van der Waals surface area contributed by atoms with E-state index >= 15 is 0 Å². The van der Waals surface area contributed by atoms with Crippen LogP contribution >= 0.6 is 0 Å². The number of nitrogens with zero attached hydrogens (tertiary/aromatic N) is 3. The van der Waals surface area contributed by atoms with Crippen LogP contribution in [0.5, 0.6) is 0 Å². The van der Waals surface area contributed by atoms with Crippen molar-refractivity contribution in [3.63, 3.8) is 0 Å². The number of carbonyl (C=O) groups excluding carboxylic acids is 1. The predicted molar refractivity (Wildman–Crippen MR) is 78.5 cm³/mol. The van der Waals surface area contributed by atoms with Crippen molar-refractivity contribution in [2.75, 3.05) is 11.9 Å². The molecule has 0 aliphatic carbocycles. The van der Waals surface area contributed by atoms with Crippen molar-refractivity contribution in [3.05, 3.63) is 41.3 Å². The summed E-state index contributed by atoms with van der Waals surface area (Å²) in [5, 5.41) is 15.6. The molecule has 0 aromatic carbocycles. The molecule has 6 nitrogen and oxygen atoms in total. The Balaban J connectivity index is 2.04. The van der Waals surface area contributed by atoms with E-state index in [1.165, 1.54) is 0 Å². The Kier molecular flexibility index (Phi) is 4.69. The van der Waals surface area contributed by atoms with Crippen LogP contribution < -0.4 is 5.32 Å². The highest BCUT2D eigenvalue weighted by Gasteiger charge is 2.08. The van der Waals surface area contributed by atoms with Crippen LogP contribution in [0, 0.1) is 25.7 Å². The third-order valence-electron chi connectivity index (χ3n) is 2.71. The van der Waals surface area contributed by atoms with Crippen LogP contribution in [0.25, 0.3) is 0 Å². The van der Waals surface area contributed by atoms with E-state index in [1.807, 2.05) is 19.9 Å². The molecule has 0 spiro atoms. The summed E-state index contributed by atoms with van der Waals surface area (Å²) in [4.78, 5) is 16.2. The summed E-state index contributed by atoms with van der Waals surface area (Å²) in [7, 11) is 0. The molecule has 0 aliphatic heterocycles. The van der Waals surface area contributed by atoms with Crippen LogP contribution in [0.4, 0.5) is 5.82 Å². The fourth-order valence-corrected chi connectivity index (χ4v) is 1.86. The Bertz CT molecular complexity index is 710. The van der Waals surface area contributed by atoms with Gasteiger partial charge in [0.05, 0.1) is 5.69 Å². The third kappa shape index (κ3) is 4.16. The average molecular weight is 284 g/mol. The highest BCUT2D eigenvalue weighted by atomic mass is 16.2. The van der Waals surface area contributed by atoms with Gasteiger partial charge in [0.2, 0.25) is 5.91 Å². The van der Waals surface area contributed by atoms with Gasteiger partial charge in [-0.15, -0.1) is 0 Å². The molecular formula is C15H16N4O2. The van der Waals surface area contributed by atoms with Crippen LogP contribution in [-0.2, 0) is 11.3 Å². The molecule has 0 fully saturated rings. The van der Waals surface area contributed by atoms with Gasteiger partial charge in [0.15, 0.2) is 0 Å². The zero-order valence-electron chi connectivity index (χ0n) is 11.9. The maximum atomic E-state index is 12.0. The molecule has 2 aromatic heterocycles. The van der Waals surface area contributed by atoms with Gasteiger partial charge in [0.1, 0.15) is 24.7 Å². The lowest BCUT2D eigenvalue weighted by Gasteiger charge is -2.06. The van der Waals surface area contributed by atoms with Crippen molar-refractivity contribution in [3.8, 4) is 11.8 Å². The van der Waals surface area contributed by atoms with Crippen molar-refractivity contribution in [2.24, 2.45) is 0 Å². The standard InChI is InChI=1S/C15H16N4O2/c1-11-9-12(2)19(18-11)10-15(21)17-14-7-3-5-13(16-14)6-4-8-20/h3,5,7,9,20H,8,10H2,1-2H3,(H,16,17,21). The van der Waals surface area contributed by atoms with Crippen LogP contribution in [0.1, 0.15) is 17.1 Å². The second-order valence-corrected chi connectivity index (χ2v) is 4.50. The van der Waals surface area contributed by atoms with E-state index in [4.69, 9.17) is 5.11 Å². The summed E-state index contributed by atoms with van der Waals surface area (Å²) in [6, 6.07) is 7.05. The molecular weight excluding hydrogens is 268 g/mol. The largest absolute Gasteiger partial charge is 0.384 e. The first kappa shape index (κ1) is 14.8. The van der Waals surface area contributed by atoms with Gasteiger partial charge in [-0.1, -0.05) is 12.0 Å². The lowest BCUT2D eigenvalue weighted by Crippen LogP contribution is -2.21. The fourth-order valence-electron chi connectivity index (χ4n) is 1.86. The summed E-state index contributed by atoms with van der Waals surface area (Å²) in [6.07, 6.45) is 0. The molecule has 0 saturated heterocycles. The average Bonchev–Trinajstić information content (AvgIpc) is 2.75. The van der Waals surface area contributed by atoms with Gasteiger partial charge in [0.25, 0.3) is 0 Å². The number of rotatable bonds is 3. The normalized spacial score (nSPS) is 9.86. The van der Waals surface area contributed by atoms with Gasteiger partial charge in [-0.05, 0) is 38.0 Å². The van der Waals surface area contributed by atoms with Gasteiger partial charge in [-0.3, -0.25) is 9.48 Å². The molecule has 0 atom stereocenters. The molecule has 108 valence electrons. The predicted octanol–water partition coefficient (Wildman–Crippen LogP) is 0.877. The van der Waals surface area contributed by atoms with E-state index < -0.39 is 0 Å². The highest BCUT2D eigenvalue weighted by molar-refractivity contribution is 5.89. The Morgan fingerprint density at radius 1 is 1.43 bits per heavy atom. The number of nitrogens with one attached hydrogen (secondary N) is 1. The first-order valence-electron chi connectivity index (χ1n) is 6.46. The first-order chi connectivity index (χ1) is 10.1. The van der Waals surface area contributed by atoms with Crippen LogP contribution in [0.2, 0.25) is 0 Å². The van der Waals surface area contributed by atoms with E-state index in [0.29, 0.717) is 11.5 Å². The minimum Gasteiger partial charge on any atom is -0.384 e. The molecule has 2 rings (SSSR count). The summed E-state index contributed by atoms with van der Waals surface area (Å²) in [6.45, 7) is 3.69. The molecule has 2 heterocycles. The molecule has 0 aliphatic rings. The maximum Gasteiger partial charge on any atom is 0.247 e. The van der Waals surface area contributed by atoms with Crippen molar-refractivity contribution >= 4 is 11.7 Å². The number of pyridine rings is 1. The third-order valence-corrected chi connectivity index (χ3v) is 2.71. The number of aliphatic hydroxyl groups excluding tert-OH is 1. The monoisotopic (exact) mass is 284 g/mol. The number of carbonyl (C=O) groups is 1. The van der Waals surface area contributed by atoms with Crippen LogP contribution in [-0.4, -0.2) is 32.4 Å². The summed E-state index contributed by atoms with van der Waals surface area (Å²) < 4.78 is 1.64. The highest BCUT2D eigenvalue weighted by Crippen LogP contribution is 2.06. The molecule has 6 heteroatoms. The molecule has 0 radical (unpaired) electrons. The topological polar surface area (TPSA) is 80.0 Å². The molecule has 21 heavy (non-hydrogen) atoms. The van der Waals surface area contributed by atoms with E-state index in [-0.39, 0.29) is 19.1 Å². The molecule has 0 unspecified atom stereocenters. The van der Waals surface area contributed by atoms with Crippen LogP contribution in [0.15, 0.2) is 24.3 Å². The van der Waals surface area contributed by atoms with Gasteiger partial charge in [0, 0.05) is 5.69 Å². The zero-order chi connectivity index (χ0) is 15.2. The van der Waals surface area contributed by atoms with Gasteiger partial charge < -0.3 is 10.4 Å². The Labute approximate surface area is 122 Å². The number of anilines is 1. The number of aliphatic hydroxyl groups is 1. The zero-order valence-corrected chi connectivity index (χ0v) is 11.9. The first-order valence-corrected chi connectivity index (χ1v) is 6.46. The summed E-state index contributed by atoms with van der Waals surface area (Å²) in [5.74, 6) is 5.42. The SMILES string of the molecule is Cc1cc(C)n(CC(=O)Nc2cccc(C#CCO)n2)n1. The van der Waals surface area contributed by atoms with Gasteiger partial charge in [-0.25, -0.2) is 4.98 Å². The van der Waals surface area contributed by atoms with Gasteiger partial charge in [-0.2, -0.15) is 5.10 Å². The van der Waals surface area contributed by atoms with Crippen LogP contribution in [0.3, 0.4) is 0 Å². The second kappa shape index (κ2) is 6.68. The maximum absolute atomic E-state index is 12.0. The summed E-state index contributed by atoms with van der Waals surface area (Å²) >= 11 is 0. The van der Waals surface area contributed by atoms with E-state index in [9.17, 15) is 4.79 Å². The lowest BCUT2D eigenvalue weighted by atomic mass is 10.3. The molecule has 2 aromatic rings.